The molecule has 0 bridgehead atoms. The van der Waals surface area contributed by atoms with E-state index in [2.05, 4.69) is 0 Å². The van der Waals surface area contributed by atoms with Crippen molar-refractivity contribution in [3.63, 3.8) is 0 Å². The molecule has 0 spiro atoms. The van der Waals surface area contributed by atoms with Gasteiger partial charge in [0.15, 0.2) is 11.1 Å². The topological polar surface area (TPSA) is 48.1 Å². The SMILES string of the molecule is COS(=O)c1ccc(OC(C)(C)C2CO2)cc1. The lowest BCUT2D eigenvalue weighted by Crippen LogP contribution is -2.34. The van der Waals surface area contributed by atoms with Crippen LogP contribution in [0.2, 0.25) is 0 Å². The van der Waals surface area contributed by atoms with E-state index in [1.807, 2.05) is 13.8 Å². The van der Waals surface area contributed by atoms with Gasteiger partial charge in [0.05, 0.1) is 18.6 Å². The summed E-state index contributed by atoms with van der Waals surface area (Å²) in [5.74, 6) is 0.738. The van der Waals surface area contributed by atoms with Gasteiger partial charge in [-0.2, -0.15) is 0 Å². The number of epoxide rings is 1. The fraction of sp³-hybridized carbons (Fsp3) is 0.500. The van der Waals surface area contributed by atoms with Gasteiger partial charge in [0.25, 0.3) is 0 Å². The standard InChI is InChI=1S/C12H16O4S/c1-12(2,11-8-15-11)16-9-4-6-10(7-5-9)17(13)14-3/h4-7,11H,8H2,1-3H3. The van der Waals surface area contributed by atoms with E-state index in [4.69, 9.17) is 13.7 Å². The zero-order chi connectivity index (χ0) is 12.5. The average molecular weight is 256 g/mol. The Balaban J connectivity index is 2.05. The van der Waals surface area contributed by atoms with Gasteiger partial charge in [0, 0.05) is 0 Å². The number of benzene rings is 1. The monoisotopic (exact) mass is 256 g/mol. The molecule has 5 heteroatoms. The molecule has 0 aliphatic carbocycles. The van der Waals surface area contributed by atoms with E-state index < -0.39 is 11.1 Å². The van der Waals surface area contributed by atoms with Gasteiger partial charge in [0.1, 0.15) is 17.5 Å². The first-order valence-corrected chi connectivity index (χ1v) is 6.47. The Morgan fingerprint density at radius 1 is 1.35 bits per heavy atom. The minimum absolute atomic E-state index is 0.162. The fourth-order valence-electron chi connectivity index (χ4n) is 1.53. The third-order valence-corrected chi connectivity index (χ3v) is 3.62. The van der Waals surface area contributed by atoms with Crippen molar-refractivity contribution in [1.29, 1.82) is 0 Å². The molecule has 2 atom stereocenters. The quantitative estimate of drug-likeness (QED) is 0.755. The highest BCUT2D eigenvalue weighted by molar-refractivity contribution is 7.80. The highest BCUT2D eigenvalue weighted by Crippen LogP contribution is 2.29. The van der Waals surface area contributed by atoms with Crippen molar-refractivity contribution in [2.45, 2.75) is 30.4 Å². The fourth-order valence-corrected chi connectivity index (χ4v) is 2.08. The van der Waals surface area contributed by atoms with Gasteiger partial charge in [-0.25, -0.2) is 4.21 Å². The van der Waals surface area contributed by atoms with E-state index in [0.717, 1.165) is 12.4 Å². The molecule has 1 fully saturated rings. The van der Waals surface area contributed by atoms with Crippen LogP contribution in [0.5, 0.6) is 5.75 Å². The van der Waals surface area contributed by atoms with E-state index in [1.54, 1.807) is 24.3 Å². The predicted octanol–water partition coefficient (Wildman–Crippen LogP) is 1.91. The summed E-state index contributed by atoms with van der Waals surface area (Å²) in [6.07, 6.45) is 0.162. The molecule has 0 saturated carbocycles. The Morgan fingerprint density at radius 2 is 1.94 bits per heavy atom. The maximum Gasteiger partial charge on any atom is 0.188 e. The van der Waals surface area contributed by atoms with E-state index >= 15 is 0 Å². The van der Waals surface area contributed by atoms with Gasteiger partial charge in [-0.3, -0.25) is 4.18 Å². The number of rotatable bonds is 5. The van der Waals surface area contributed by atoms with Gasteiger partial charge >= 0.3 is 0 Å². The molecule has 1 saturated heterocycles. The Labute approximate surface area is 104 Å². The van der Waals surface area contributed by atoms with E-state index in [-0.39, 0.29) is 11.7 Å². The molecule has 17 heavy (non-hydrogen) atoms. The lowest BCUT2D eigenvalue weighted by atomic mass is 10.1. The molecule has 0 N–H and O–H groups in total. The third kappa shape index (κ3) is 3.06. The van der Waals surface area contributed by atoms with Crippen LogP contribution in [-0.2, 0) is 20.0 Å². The van der Waals surface area contributed by atoms with Crippen LogP contribution < -0.4 is 4.74 Å². The van der Waals surface area contributed by atoms with Gasteiger partial charge in [-0.15, -0.1) is 0 Å². The van der Waals surface area contributed by atoms with Crippen LogP contribution in [0.1, 0.15) is 13.8 Å². The van der Waals surface area contributed by atoms with Crippen molar-refractivity contribution < 1.29 is 17.9 Å². The van der Waals surface area contributed by atoms with Crippen molar-refractivity contribution >= 4 is 11.1 Å². The summed E-state index contributed by atoms with van der Waals surface area (Å²) >= 11 is -1.40. The second-order valence-corrected chi connectivity index (χ2v) is 5.67. The van der Waals surface area contributed by atoms with Crippen LogP contribution in [0.25, 0.3) is 0 Å². The van der Waals surface area contributed by atoms with Crippen LogP contribution in [0.3, 0.4) is 0 Å². The maximum atomic E-state index is 11.4. The molecule has 2 unspecified atom stereocenters. The number of hydrogen-bond donors (Lipinski definition) is 0. The Kier molecular flexibility index (Phi) is 3.51. The molecule has 0 amide bonds. The summed E-state index contributed by atoms with van der Waals surface area (Å²) in [6, 6.07) is 7.05. The van der Waals surface area contributed by atoms with Crippen molar-refractivity contribution in [2.24, 2.45) is 0 Å². The highest BCUT2D eigenvalue weighted by atomic mass is 32.2. The Hall–Kier alpha value is -0.910. The minimum Gasteiger partial charge on any atom is -0.485 e. The van der Waals surface area contributed by atoms with Crippen LogP contribution in [0, 0.1) is 0 Å². The van der Waals surface area contributed by atoms with E-state index in [1.165, 1.54) is 7.11 Å². The minimum atomic E-state index is -1.40. The molecular weight excluding hydrogens is 240 g/mol. The molecule has 0 aromatic heterocycles. The molecule has 1 aliphatic rings. The molecule has 1 aromatic carbocycles. The summed E-state index contributed by atoms with van der Waals surface area (Å²) in [5, 5.41) is 0. The lowest BCUT2D eigenvalue weighted by molar-refractivity contribution is 0.0743. The molecule has 1 aromatic rings. The molecular formula is C12H16O4S. The van der Waals surface area contributed by atoms with Crippen LogP contribution in [0.15, 0.2) is 29.2 Å². The van der Waals surface area contributed by atoms with E-state index in [0.29, 0.717) is 4.90 Å². The van der Waals surface area contributed by atoms with Crippen molar-refractivity contribution in [2.75, 3.05) is 13.7 Å². The van der Waals surface area contributed by atoms with Crippen LogP contribution in [-0.4, -0.2) is 29.6 Å². The molecule has 1 heterocycles. The number of hydrogen-bond acceptors (Lipinski definition) is 4. The molecule has 2 rings (SSSR count). The van der Waals surface area contributed by atoms with Gasteiger partial charge < -0.3 is 9.47 Å². The molecule has 94 valence electrons. The third-order valence-electron chi connectivity index (χ3n) is 2.66. The summed E-state index contributed by atoms with van der Waals surface area (Å²) < 4.78 is 27.2. The molecule has 1 aliphatic heterocycles. The number of ether oxygens (including phenoxy) is 2. The summed E-state index contributed by atoms with van der Waals surface area (Å²) in [6.45, 7) is 4.73. The van der Waals surface area contributed by atoms with Gasteiger partial charge in [0.2, 0.25) is 0 Å². The Bertz CT molecular complexity index is 409. The molecule has 0 radical (unpaired) electrons. The predicted molar refractivity (Wildman–Crippen MR) is 64.3 cm³/mol. The smallest absolute Gasteiger partial charge is 0.188 e. The summed E-state index contributed by atoms with van der Waals surface area (Å²) in [7, 11) is 1.41. The van der Waals surface area contributed by atoms with Gasteiger partial charge in [-0.05, 0) is 38.1 Å². The first-order valence-electron chi connectivity index (χ1n) is 5.40. The largest absolute Gasteiger partial charge is 0.485 e. The van der Waals surface area contributed by atoms with E-state index in [9.17, 15) is 4.21 Å². The Morgan fingerprint density at radius 3 is 2.41 bits per heavy atom. The van der Waals surface area contributed by atoms with Crippen molar-refractivity contribution in [1.82, 2.24) is 0 Å². The first kappa shape index (κ1) is 12.5. The second kappa shape index (κ2) is 4.76. The van der Waals surface area contributed by atoms with Gasteiger partial charge in [-0.1, -0.05) is 0 Å². The van der Waals surface area contributed by atoms with Crippen LogP contribution >= 0.6 is 0 Å². The summed E-state index contributed by atoms with van der Waals surface area (Å²) in [5.41, 5.74) is -0.331. The normalized spacial score (nSPS) is 21.0. The highest BCUT2D eigenvalue weighted by Gasteiger charge is 2.41. The molecule has 4 nitrogen and oxygen atoms in total. The zero-order valence-corrected chi connectivity index (χ0v) is 11.0. The lowest BCUT2D eigenvalue weighted by Gasteiger charge is -2.24. The maximum absolute atomic E-state index is 11.4. The second-order valence-electron chi connectivity index (χ2n) is 4.40. The average Bonchev–Trinajstić information content (AvgIpc) is 3.12. The first-order chi connectivity index (χ1) is 8.03. The van der Waals surface area contributed by atoms with Crippen molar-refractivity contribution in [3.05, 3.63) is 24.3 Å². The summed E-state index contributed by atoms with van der Waals surface area (Å²) in [4.78, 5) is 0.625. The van der Waals surface area contributed by atoms with Crippen LogP contribution in [0.4, 0.5) is 0 Å². The van der Waals surface area contributed by atoms with Crippen molar-refractivity contribution in [3.8, 4) is 5.75 Å². The zero-order valence-electron chi connectivity index (χ0n) is 10.1.